The third-order valence-corrected chi connectivity index (χ3v) is 3.36. The van der Waals surface area contributed by atoms with E-state index >= 15 is 0 Å². The molecule has 0 spiro atoms. The summed E-state index contributed by atoms with van der Waals surface area (Å²) >= 11 is 17.5. The van der Waals surface area contributed by atoms with Gasteiger partial charge in [0, 0.05) is 10.5 Å². The monoisotopic (exact) mass is 256 g/mol. The van der Waals surface area contributed by atoms with Crippen molar-refractivity contribution in [2.45, 2.75) is 48.4 Å². The zero-order valence-electron chi connectivity index (χ0n) is 8.06. The van der Waals surface area contributed by atoms with Crippen LogP contribution in [0.1, 0.15) is 32.6 Å². The summed E-state index contributed by atoms with van der Waals surface area (Å²) in [4.78, 5) is 0. The van der Waals surface area contributed by atoms with Crippen molar-refractivity contribution in [3.05, 3.63) is 0 Å². The Balaban J connectivity index is 3.40. The Kier molecular flexibility index (Phi) is 9.62. The van der Waals surface area contributed by atoms with Crippen LogP contribution in [0.3, 0.4) is 0 Å². The molecule has 0 bridgehead atoms. The minimum atomic E-state index is 0.450. The maximum Gasteiger partial charge on any atom is 0.00275 e. The van der Waals surface area contributed by atoms with E-state index < -0.39 is 0 Å². The van der Waals surface area contributed by atoms with E-state index in [-0.39, 0.29) is 0 Å². The standard InChI is InChI=1S/C9H20S4/c1-7(11)6-9(13)3-2-8(12)4-5-10/h7-13H,2-6H2,1H3. The predicted molar refractivity (Wildman–Crippen MR) is 76.3 cm³/mol. The first-order valence-electron chi connectivity index (χ1n) is 4.71. The van der Waals surface area contributed by atoms with Crippen molar-refractivity contribution in [1.29, 1.82) is 0 Å². The summed E-state index contributed by atoms with van der Waals surface area (Å²) in [5.41, 5.74) is 0. The molecule has 0 heterocycles. The molecule has 0 N–H and O–H groups in total. The summed E-state index contributed by atoms with van der Waals surface area (Å²) in [5.74, 6) is 0.925. The molecule has 80 valence electrons. The SMILES string of the molecule is CC(S)CC(S)CCC(S)CCS. The second-order valence-corrected chi connectivity index (χ2v) is 6.27. The van der Waals surface area contributed by atoms with Crippen molar-refractivity contribution in [3.63, 3.8) is 0 Å². The van der Waals surface area contributed by atoms with Crippen molar-refractivity contribution >= 4 is 50.5 Å². The normalized spacial score (nSPS) is 18.2. The lowest BCUT2D eigenvalue weighted by Crippen LogP contribution is -2.09. The summed E-state index contributed by atoms with van der Waals surface area (Å²) in [5, 5.41) is 1.41. The number of thiol groups is 4. The number of hydrogen-bond acceptors (Lipinski definition) is 4. The van der Waals surface area contributed by atoms with Crippen molar-refractivity contribution in [2.75, 3.05) is 5.75 Å². The van der Waals surface area contributed by atoms with Gasteiger partial charge >= 0.3 is 0 Å². The van der Waals surface area contributed by atoms with Gasteiger partial charge in [0.2, 0.25) is 0 Å². The van der Waals surface area contributed by atoms with Gasteiger partial charge < -0.3 is 0 Å². The summed E-state index contributed by atoms with van der Waals surface area (Å²) in [6.45, 7) is 2.11. The van der Waals surface area contributed by atoms with Crippen LogP contribution in [-0.4, -0.2) is 21.5 Å². The van der Waals surface area contributed by atoms with Crippen LogP contribution in [0.2, 0.25) is 0 Å². The second kappa shape index (κ2) is 8.69. The lowest BCUT2D eigenvalue weighted by atomic mass is 10.1. The van der Waals surface area contributed by atoms with Crippen molar-refractivity contribution in [3.8, 4) is 0 Å². The highest BCUT2D eigenvalue weighted by atomic mass is 32.1. The fourth-order valence-electron chi connectivity index (χ4n) is 1.19. The molecule has 0 amide bonds. The molecule has 0 radical (unpaired) electrons. The van der Waals surface area contributed by atoms with Gasteiger partial charge in [-0.2, -0.15) is 50.5 Å². The van der Waals surface area contributed by atoms with E-state index in [1.54, 1.807) is 0 Å². The summed E-state index contributed by atoms with van der Waals surface area (Å²) in [6, 6.07) is 0. The average Bonchev–Trinajstić information content (AvgIpc) is 2.00. The Morgan fingerprint density at radius 2 is 1.46 bits per heavy atom. The maximum absolute atomic E-state index is 4.51. The molecule has 3 atom stereocenters. The van der Waals surface area contributed by atoms with Gasteiger partial charge in [0.15, 0.2) is 0 Å². The van der Waals surface area contributed by atoms with Crippen molar-refractivity contribution in [1.82, 2.24) is 0 Å². The third-order valence-electron chi connectivity index (χ3n) is 1.91. The van der Waals surface area contributed by atoms with Crippen LogP contribution in [0.15, 0.2) is 0 Å². The first kappa shape index (κ1) is 14.4. The van der Waals surface area contributed by atoms with Gasteiger partial charge in [-0.25, -0.2) is 0 Å². The molecule has 3 unspecified atom stereocenters. The van der Waals surface area contributed by atoms with Gasteiger partial charge in [-0.15, -0.1) is 0 Å². The van der Waals surface area contributed by atoms with Gasteiger partial charge in [-0.1, -0.05) is 6.92 Å². The Morgan fingerprint density at radius 3 is 1.92 bits per heavy atom. The molecule has 0 aliphatic rings. The molecule has 0 rings (SSSR count). The van der Waals surface area contributed by atoms with Crippen LogP contribution in [-0.2, 0) is 0 Å². The van der Waals surface area contributed by atoms with Crippen LogP contribution in [0, 0.1) is 0 Å². The van der Waals surface area contributed by atoms with Crippen LogP contribution in [0.4, 0.5) is 0 Å². The highest BCUT2D eigenvalue weighted by Gasteiger charge is 2.09. The van der Waals surface area contributed by atoms with Crippen LogP contribution < -0.4 is 0 Å². The molecular formula is C9H20S4. The molecule has 0 aliphatic carbocycles. The number of rotatable bonds is 7. The minimum Gasteiger partial charge on any atom is -0.179 e. The molecule has 0 aliphatic heterocycles. The van der Waals surface area contributed by atoms with E-state index in [4.69, 9.17) is 0 Å². The predicted octanol–water partition coefficient (Wildman–Crippen LogP) is 3.39. The molecule has 0 aromatic rings. The van der Waals surface area contributed by atoms with Crippen molar-refractivity contribution < 1.29 is 0 Å². The quantitative estimate of drug-likeness (QED) is 0.493. The molecule has 4 heteroatoms. The lowest BCUT2D eigenvalue weighted by Gasteiger charge is -2.15. The Bertz CT molecular complexity index is 116. The van der Waals surface area contributed by atoms with Gasteiger partial charge in [-0.05, 0) is 36.7 Å². The Hall–Kier alpha value is 1.40. The third kappa shape index (κ3) is 9.70. The second-order valence-electron chi connectivity index (χ2n) is 3.48. The molecule has 0 aromatic carbocycles. The van der Waals surface area contributed by atoms with Crippen molar-refractivity contribution in [2.24, 2.45) is 0 Å². The lowest BCUT2D eigenvalue weighted by molar-refractivity contribution is 0.635. The van der Waals surface area contributed by atoms with Gasteiger partial charge in [0.05, 0.1) is 0 Å². The van der Waals surface area contributed by atoms with Crippen LogP contribution >= 0.6 is 50.5 Å². The maximum atomic E-state index is 4.51. The topological polar surface area (TPSA) is 0 Å². The highest BCUT2D eigenvalue weighted by Crippen LogP contribution is 2.19. The Labute approximate surface area is 104 Å². The smallest absolute Gasteiger partial charge is 0.00275 e. The summed E-state index contributed by atoms with van der Waals surface area (Å²) in [6.07, 6.45) is 4.44. The van der Waals surface area contributed by atoms with E-state index in [9.17, 15) is 0 Å². The van der Waals surface area contributed by atoms with Crippen LogP contribution in [0.5, 0.6) is 0 Å². The fourth-order valence-corrected chi connectivity index (χ4v) is 2.87. The highest BCUT2D eigenvalue weighted by molar-refractivity contribution is 7.82. The summed E-state index contributed by atoms with van der Waals surface area (Å²) in [7, 11) is 0. The first-order valence-corrected chi connectivity index (χ1v) is 6.89. The largest absolute Gasteiger partial charge is 0.179 e. The van der Waals surface area contributed by atoms with E-state index in [0.29, 0.717) is 15.7 Å². The molecular weight excluding hydrogens is 236 g/mol. The molecule has 0 saturated carbocycles. The van der Waals surface area contributed by atoms with E-state index in [1.165, 1.54) is 0 Å². The van der Waals surface area contributed by atoms with E-state index in [0.717, 1.165) is 31.4 Å². The van der Waals surface area contributed by atoms with E-state index in [1.807, 2.05) is 0 Å². The number of hydrogen-bond donors (Lipinski definition) is 4. The van der Waals surface area contributed by atoms with Crippen LogP contribution in [0.25, 0.3) is 0 Å². The Morgan fingerprint density at radius 1 is 0.923 bits per heavy atom. The minimum absolute atomic E-state index is 0.450. The molecule has 0 saturated heterocycles. The average molecular weight is 257 g/mol. The van der Waals surface area contributed by atoms with E-state index in [2.05, 4.69) is 57.4 Å². The van der Waals surface area contributed by atoms with Gasteiger partial charge in [-0.3, -0.25) is 0 Å². The molecule has 0 nitrogen and oxygen atoms in total. The zero-order valence-corrected chi connectivity index (χ0v) is 11.6. The van der Waals surface area contributed by atoms with Gasteiger partial charge in [0.25, 0.3) is 0 Å². The zero-order chi connectivity index (χ0) is 10.3. The first-order chi connectivity index (χ1) is 6.06. The van der Waals surface area contributed by atoms with Gasteiger partial charge in [0.1, 0.15) is 0 Å². The molecule has 0 fully saturated rings. The molecule has 13 heavy (non-hydrogen) atoms. The fraction of sp³-hybridized carbons (Fsp3) is 1.00. The summed E-state index contributed by atoms with van der Waals surface area (Å²) < 4.78 is 0. The molecule has 0 aromatic heterocycles.